The maximum Gasteiger partial charge on any atom is 0.258 e. The Kier molecular flexibility index (Phi) is 7.11. The number of benzene rings is 2. The second-order valence-corrected chi connectivity index (χ2v) is 14.0. The first-order chi connectivity index (χ1) is 21.3. The molecular weight excluding hydrogens is 662 g/mol. The molecule has 1 N–H and O–H groups in total. The lowest BCUT2D eigenvalue weighted by Gasteiger charge is -2.50. The average Bonchev–Trinajstić information content (AvgIpc) is 3.34. The Balaban J connectivity index is 1.61. The number of likely N-dealkylation sites (tertiary alicyclic amines) is 1. The minimum atomic E-state index is -2.73. The van der Waals surface area contributed by atoms with Crippen molar-refractivity contribution in [3.05, 3.63) is 64.5 Å². The summed E-state index contributed by atoms with van der Waals surface area (Å²) >= 11 is 14.1. The maximum absolute atomic E-state index is 15.1. The van der Waals surface area contributed by atoms with E-state index in [1.54, 1.807) is 26.8 Å². The summed E-state index contributed by atoms with van der Waals surface area (Å²) in [6, 6.07) is 3.85. The van der Waals surface area contributed by atoms with Gasteiger partial charge in [0.15, 0.2) is 33.0 Å². The number of halogens is 7. The van der Waals surface area contributed by atoms with Crippen molar-refractivity contribution >= 4 is 52.5 Å². The number of carbonyl (C=O) groups is 4. The Morgan fingerprint density at radius 2 is 1.48 bits per heavy atom. The summed E-state index contributed by atoms with van der Waals surface area (Å²) in [5, 5.41) is 11.1. The van der Waals surface area contributed by atoms with Crippen LogP contribution in [0.5, 0.6) is 11.5 Å². The molecule has 0 aromatic heterocycles. The van der Waals surface area contributed by atoms with Crippen molar-refractivity contribution in [2.75, 3.05) is 12.0 Å². The van der Waals surface area contributed by atoms with E-state index in [4.69, 9.17) is 27.9 Å². The molecule has 0 bridgehead atoms. The molecule has 1 saturated carbocycles. The number of hydrogen-bond donors (Lipinski definition) is 1. The van der Waals surface area contributed by atoms with Crippen molar-refractivity contribution in [2.24, 2.45) is 17.8 Å². The van der Waals surface area contributed by atoms with E-state index in [2.05, 4.69) is 0 Å². The van der Waals surface area contributed by atoms with Crippen molar-refractivity contribution in [2.45, 2.75) is 54.8 Å². The Hall–Kier alpha value is -3.71. The highest BCUT2D eigenvalue weighted by Gasteiger charge is 2.77. The largest absolute Gasteiger partial charge is 0.508 e. The number of methoxy groups -OCH3 is 1. The number of phenolic OH excluding ortho intramolecular Hbond substituents is 1. The van der Waals surface area contributed by atoms with Gasteiger partial charge in [0.2, 0.25) is 17.6 Å². The van der Waals surface area contributed by atoms with E-state index in [-0.39, 0.29) is 28.2 Å². The molecule has 6 unspecified atom stereocenters. The first kappa shape index (κ1) is 32.2. The molecule has 2 aliphatic carbocycles. The van der Waals surface area contributed by atoms with Gasteiger partial charge in [-0.2, -0.15) is 0 Å². The van der Waals surface area contributed by atoms with Gasteiger partial charge >= 0.3 is 0 Å². The van der Waals surface area contributed by atoms with Gasteiger partial charge in [-0.05, 0) is 45.6 Å². The first-order valence-corrected chi connectivity index (χ1v) is 14.8. The Labute approximate surface area is 268 Å². The summed E-state index contributed by atoms with van der Waals surface area (Å²) in [5.74, 6) is -21.6. The van der Waals surface area contributed by atoms with Crippen molar-refractivity contribution in [3.63, 3.8) is 0 Å². The van der Waals surface area contributed by atoms with Crippen molar-refractivity contribution in [3.8, 4) is 11.5 Å². The van der Waals surface area contributed by atoms with Crippen molar-refractivity contribution in [1.82, 2.24) is 4.90 Å². The monoisotopic (exact) mass is 686 g/mol. The summed E-state index contributed by atoms with van der Waals surface area (Å²) in [6.07, 6.45) is 0.912. The molecular formula is C31H25Cl2F5N2O6. The van der Waals surface area contributed by atoms with Gasteiger partial charge in [-0.15, -0.1) is 23.2 Å². The predicted molar refractivity (Wildman–Crippen MR) is 153 cm³/mol. The van der Waals surface area contributed by atoms with Gasteiger partial charge in [0.25, 0.3) is 11.8 Å². The van der Waals surface area contributed by atoms with Crippen LogP contribution in [0.1, 0.15) is 45.1 Å². The van der Waals surface area contributed by atoms with Gasteiger partial charge in [0.1, 0.15) is 17.2 Å². The molecule has 15 heteroatoms. The van der Waals surface area contributed by atoms with Gasteiger partial charge in [-0.1, -0.05) is 17.7 Å². The minimum absolute atomic E-state index is 0.00713. The summed E-state index contributed by atoms with van der Waals surface area (Å²) < 4.78 is 78.0. The summed E-state index contributed by atoms with van der Waals surface area (Å²) in [4.78, 5) is 51.2. The lowest BCUT2D eigenvalue weighted by Crippen LogP contribution is -2.60. The number of rotatable bonds is 3. The van der Waals surface area contributed by atoms with Gasteiger partial charge < -0.3 is 9.84 Å². The number of anilines is 1. The summed E-state index contributed by atoms with van der Waals surface area (Å²) in [7, 11) is 1.31. The molecule has 6 rings (SSSR count). The zero-order valence-electron chi connectivity index (χ0n) is 24.6. The zero-order chi connectivity index (χ0) is 34.0. The second-order valence-electron chi connectivity index (χ2n) is 12.8. The molecule has 2 aromatic rings. The molecule has 4 aliphatic rings. The lowest BCUT2D eigenvalue weighted by atomic mass is 9.56. The van der Waals surface area contributed by atoms with Crippen LogP contribution >= 0.6 is 23.2 Å². The number of imide groups is 2. The number of phenols is 1. The van der Waals surface area contributed by atoms with Crippen LogP contribution in [0.2, 0.25) is 0 Å². The van der Waals surface area contributed by atoms with Crippen molar-refractivity contribution in [1.29, 1.82) is 0 Å². The topological polar surface area (TPSA) is 104 Å². The molecule has 0 radical (unpaired) electrons. The Morgan fingerprint density at radius 3 is 2.02 bits per heavy atom. The number of ether oxygens (including phenoxy) is 1. The van der Waals surface area contributed by atoms with Crippen LogP contribution in [0, 0.1) is 46.8 Å². The number of alkyl halides is 2. The van der Waals surface area contributed by atoms with Crippen LogP contribution < -0.4 is 9.64 Å². The number of nitrogens with zero attached hydrogens (tertiary/aromatic N) is 2. The van der Waals surface area contributed by atoms with Gasteiger partial charge in [-0.3, -0.25) is 24.1 Å². The minimum Gasteiger partial charge on any atom is -0.508 e. The molecule has 2 saturated heterocycles. The van der Waals surface area contributed by atoms with E-state index in [1.165, 1.54) is 19.2 Å². The first-order valence-electron chi connectivity index (χ1n) is 14.1. The van der Waals surface area contributed by atoms with E-state index in [1.807, 2.05) is 0 Å². The highest BCUT2D eigenvalue weighted by atomic mass is 35.5. The van der Waals surface area contributed by atoms with E-state index in [9.17, 15) is 37.5 Å². The quantitative estimate of drug-likeness (QED) is 0.115. The fourth-order valence-electron chi connectivity index (χ4n) is 7.47. The maximum atomic E-state index is 15.1. The molecule has 3 fully saturated rings. The Morgan fingerprint density at radius 1 is 0.891 bits per heavy atom. The third-order valence-electron chi connectivity index (χ3n) is 9.44. The normalized spacial score (nSPS) is 30.8. The highest BCUT2D eigenvalue weighted by Crippen LogP contribution is 2.67. The van der Waals surface area contributed by atoms with Crippen LogP contribution in [0.15, 0.2) is 29.8 Å². The summed E-state index contributed by atoms with van der Waals surface area (Å²) in [6.45, 7) is 4.96. The third kappa shape index (κ3) is 3.90. The van der Waals surface area contributed by atoms with E-state index >= 15 is 8.78 Å². The second kappa shape index (κ2) is 10.1. The van der Waals surface area contributed by atoms with Gasteiger partial charge in [0, 0.05) is 23.1 Å². The molecule has 8 nitrogen and oxygen atoms in total. The molecule has 244 valence electrons. The molecule has 46 heavy (non-hydrogen) atoms. The van der Waals surface area contributed by atoms with Gasteiger partial charge in [0.05, 0.1) is 18.9 Å². The number of hydrogen-bond acceptors (Lipinski definition) is 6. The standard InChI is InChI=1S/C31H25Cl2F5N2O6/c1-29(2,3)40-25(42)14-8-7-12-15(17(14)26(40)43)10-30(32)27(44)39(24-22(37)20(35)19(34)21(36)23(24)38)28(45)31(30,33)18(12)13-6-5-11(46-4)9-16(13)41/h5-7,9,14-15,17-18,41H,8,10H2,1-4H3. The van der Waals surface area contributed by atoms with Crippen LogP contribution in [-0.2, 0) is 19.2 Å². The van der Waals surface area contributed by atoms with E-state index in [0.717, 1.165) is 11.0 Å². The summed E-state index contributed by atoms with van der Waals surface area (Å²) in [5.41, 5.74) is -2.70. The number of aromatic hydroxyl groups is 1. The Bertz CT molecular complexity index is 1780. The van der Waals surface area contributed by atoms with Gasteiger partial charge in [-0.25, -0.2) is 26.9 Å². The molecule has 0 spiro atoms. The average molecular weight is 687 g/mol. The molecule has 2 heterocycles. The van der Waals surface area contributed by atoms with E-state index < -0.39 is 110 Å². The molecule has 4 amide bonds. The molecule has 6 atom stereocenters. The van der Waals surface area contributed by atoms with Crippen LogP contribution in [0.3, 0.4) is 0 Å². The lowest BCUT2D eigenvalue weighted by molar-refractivity contribution is -0.145. The van der Waals surface area contributed by atoms with Crippen LogP contribution in [0.4, 0.5) is 27.6 Å². The SMILES string of the molecule is COc1ccc(C2C3=CCC4C(=O)N(C(C)(C)C)C(=O)C4C3CC3(Cl)C(=O)N(c4c(F)c(F)c(F)c(F)c4F)C(=O)C23Cl)c(O)c1. The number of carbonyl (C=O) groups excluding carboxylic acids is 4. The number of allylic oxidation sites excluding steroid dienone is 2. The predicted octanol–water partition coefficient (Wildman–Crippen LogP) is 5.46. The highest BCUT2D eigenvalue weighted by molar-refractivity contribution is 6.58. The third-order valence-corrected chi connectivity index (χ3v) is 10.9. The fraction of sp³-hybridized carbons (Fsp3) is 0.419. The van der Waals surface area contributed by atoms with Crippen molar-refractivity contribution < 1.29 is 51.0 Å². The van der Waals surface area contributed by atoms with Crippen LogP contribution in [-0.4, -0.2) is 56.0 Å². The molecule has 2 aliphatic heterocycles. The molecule has 2 aromatic carbocycles. The zero-order valence-corrected chi connectivity index (χ0v) is 26.1. The number of amides is 4. The fourth-order valence-corrected chi connectivity index (χ4v) is 8.39. The number of fused-ring (bicyclic) bond motifs is 4. The smallest absolute Gasteiger partial charge is 0.258 e. The van der Waals surface area contributed by atoms with E-state index in [0.29, 0.717) is 0 Å². The van der Waals surface area contributed by atoms with Crippen LogP contribution in [0.25, 0.3) is 0 Å².